The monoisotopic (exact) mass is 389 g/mol. The Morgan fingerprint density at radius 3 is 2.42 bits per heavy atom. The van der Waals surface area contributed by atoms with Crippen LogP contribution in [0.25, 0.3) is 0 Å². The zero-order valence-corrected chi connectivity index (χ0v) is 16.2. The van der Waals surface area contributed by atoms with Gasteiger partial charge in [0, 0.05) is 25.8 Å². The number of carboxylic acid groups (broad SMARTS) is 1. The normalized spacial score (nSPS) is 16.2. The van der Waals surface area contributed by atoms with Crippen molar-refractivity contribution in [3.8, 4) is 0 Å². The van der Waals surface area contributed by atoms with Crippen LogP contribution in [0.5, 0.6) is 0 Å². The fourth-order valence-corrected chi connectivity index (χ4v) is 4.06. The minimum atomic E-state index is -3.86. The van der Waals surface area contributed by atoms with Gasteiger partial charge in [-0.05, 0) is 38.5 Å². The average Bonchev–Trinajstić information content (AvgIpc) is 2.59. The van der Waals surface area contributed by atoms with Crippen molar-refractivity contribution in [3.05, 3.63) is 35.4 Å². The molecule has 0 bridgehead atoms. The summed E-state index contributed by atoms with van der Waals surface area (Å²) in [5.41, 5.74) is 0.915. The van der Waals surface area contributed by atoms with E-state index >= 15 is 0 Å². The number of hydrogen-bond acceptors (Lipinski definition) is 6. The van der Waals surface area contributed by atoms with Crippen molar-refractivity contribution in [2.75, 3.05) is 25.9 Å². The van der Waals surface area contributed by atoms with Crippen LogP contribution < -0.4 is 5.32 Å². The second-order valence-corrected chi connectivity index (χ2v) is 8.17. The fraction of sp³-hybridized carbons (Fsp3) is 0.588. The molecule has 0 amide bonds. The summed E-state index contributed by atoms with van der Waals surface area (Å²) in [6.07, 6.45) is -1.45. The first kappa shape index (κ1) is 22.8. The molecule has 0 saturated carbocycles. The van der Waals surface area contributed by atoms with Gasteiger partial charge < -0.3 is 29.9 Å². The maximum absolute atomic E-state index is 12.4. The first-order valence-corrected chi connectivity index (χ1v) is 10.4. The lowest BCUT2D eigenvalue weighted by atomic mass is 10.1. The van der Waals surface area contributed by atoms with E-state index in [-0.39, 0.29) is 37.5 Å². The van der Waals surface area contributed by atoms with Gasteiger partial charge in [0.05, 0.1) is 17.8 Å². The van der Waals surface area contributed by atoms with E-state index in [0.717, 1.165) is 5.56 Å². The average molecular weight is 389 g/mol. The van der Waals surface area contributed by atoms with E-state index < -0.39 is 25.5 Å². The molecule has 0 fully saturated rings. The van der Waals surface area contributed by atoms with E-state index in [1.165, 1.54) is 6.07 Å². The number of carboxylic acids is 1. The van der Waals surface area contributed by atoms with Gasteiger partial charge >= 0.3 is 5.97 Å². The van der Waals surface area contributed by atoms with Crippen molar-refractivity contribution in [3.63, 3.8) is 0 Å². The van der Waals surface area contributed by atoms with Crippen molar-refractivity contribution in [2.45, 2.75) is 38.9 Å². The van der Waals surface area contributed by atoms with Crippen LogP contribution in [0, 0.1) is 0 Å². The molecule has 0 aromatic heterocycles. The minimum absolute atomic E-state index is 0.0635. The first-order chi connectivity index (χ1) is 12.2. The molecule has 0 aliphatic heterocycles. The molecule has 4 N–H and O–H groups in total. The van der Waals surface area contributed by atoms with Crippen molar-refractivity contribution in [2.24, 2.45) is 0 Å². The van der Waals surface area contributed by atoms with E-state index in [4.69, 9.17) is 14.6 Å². The van der Waals surface area contributed by atoms with E-state index in [1.54, 1.807) is 32.0 Å². The Morgan fingerprint density at radius 2 is 1.88 bits per heavy atom. The highest BCUT2D eigenvalue weighted by atomic mass is 31.2. The van der Waals surface area contributed by atoms with Gasteiger partial charge in [0.1, 0.15) is 0 Å². The third kappa shape index (κ3) is 7.15. The lowest BCUT2D eigenvalue weighted by Gasteiger charge is -2.25. The SMILES string of the molecule is CCOC(OCC)P(=O)(O)C[C@H](O)CN[C@@H](C)c1cccc(C(=O)O)c1. The molecule has 3 atom stereocenters. The number of aliphatic hydroxyl groups is 1. The summed E-state index contributed by atoms with van der Waals surface area (Å²) < 4.78 is 22.7. The summed E-state index contributed by atoms with van der Waals surface area (Å²) >= 11 is 0. The molecular weight excluding hydrogens is 361 g/mol. The quantitative estimate of drug-likeness (QED) is 0.316. The lowest BCUT2D eigenvalue weighted by molar-refractivity contribution is -0.0876. The first-order valence-electron chi connectivity index (χ1n) is 8.50. The molecule has 0 heterocycles. The molecule has 26 heavy (non-hydrogen) atoms. The second-order valence-electron chi connectivity index (χ2n) is 5.87. The predicted molar refractivity (Wildman–Crippen MR) is 97.6 cm³/mol. The molecule has 0 spiro atoms. The molecule has 0 radical (unpaired) electrons. The van der Waals surface area contributed by atoms with E-state index in [2.05, 4.69) is 5.32 Å². The Kier molecular flexibility index (Phi) is 9.43. The van der Waals surface area contributed by atoms with Gasteiger partial charge in [-0.2, -0.15) is 0 Å². The van der Waals surface area contributed by atoms with Crippen LogP contribution in [0.15, 0.2) is 24.3 Å². The minimum Gasteiger partial charge on any atom is -0.478 e. The number of benzene rings is 1. The van der Waals surface area contributed by atoms with Gasteiger partial charge in [-0.1, -0.05) is 12.1 Å². The van der Waals surface area contributed by atoms with Crippen LogP contribution in [-0.4, -0.2) is 59.1 Å². The predicted octanol–water partition coefficient (Wildman–Crippen LogP) is 2.02. The highest BCUT2D eigenvalue weighted by Crippen LogP contribution is 2.47. The van der Waals surface area contributed by atoms with Crippen LogP contribution in [0.2, 0.25) is 0 Å². The van der Waals surface area contributed by atoms with E-state index in [9.17, 15) is 19.4 Å². The van der Waals surface area contributed by atoms with Crippen molar-refractivity contribution in [1.82, 2.24) is 5.32 Å². The van der Waals surface area contributed by atoms with Crippen LogP contribution >= 0.6 is 7.37 Å². The van der Waals surface area contributed by atoms with Crippen molar-refractivity contribution < 1.29 is 33.9 Å². The maximum atomic E-state index is 12.4. The van der Waals surface area contributed by atoms with E-state index in [0.29, 0.717) is 0 Å². The number of rotatable bonds is 12. The topological polar surface area (TPSA) is 125 Å². The summed E-state index contributed by atoms with van der Waals surface area (Å²) in [5, 5.41) is 22.2. The Balaban J connectivity index is 2.62. The van der Waals surface area contributed by atoms with Gasteiger partial charge in [0.2, 0.25) is 6.03 Å². The largest absolute Gasteiger partial charge is 0.478 e. The van der Waals surface area contributed by atoms with Gasteiger partial charge in [0.15, 0.2) is 0 Å². The molecule has 0 aliphatic rings. The highest BCUT2D eigenvalue weighted by Gasteiger charge is 2.34. The molecule has 1 rings (SSSR count). The number of carbonyl (C=O) groups is 1. The number of ether oxygens (including phenoxy) is 2. The molecule has 0 saturated heterocycles. The fourth-order valence-electron chi connectivity index (χ4n) is 2.39. The van der Waals surface area contributed by atoms with Gasteiger partial charge in [-0.15, -0.1) is 0 Å². The summed E-state index contributed by atoms with van der Waals surface area (Å²) in [5.74, 6) is -1.02. The summed E-state index contributed by atoms with van der Waals surface area (Å²) in [4.78, 5) is 21.2. The van der Waals surface area contributed by atoms with E-state index in [1.807, 2.05) is 6.92 Å². The number of hydrogen-bond donors (Lipinski definition) is 4. The molecule has 1 aromatic rings. The van der Waals surface area contributed by atoms with Crippen LogP contribution in [0.3, 0.4) is 0 Å². The van der Waals surface area contributed by atoms with Crippen molar-refractivity contribution in [1.29, 1.82) is 0 Å². The van der Waals surface area contributed by atoms with Crippen LogP contribution in [0.1, 0.15) is 42.7 Å². The summed E-state index contributed by atoms with van der Waals surface area (Å²) in [6.45, 7) is 5.71. The van der Waals surface area contributed by atoms with Crippen LogP contribution in [-0.2, 0) is 14.0 Å². The molecule has 1 aromatic carbocycles. The Hall–Kier alpha value is -1.28. The van der Waals surface area contributed by atoms with Crippen molar-refractivity contribution >= 4 is 13.3 Å². The molecule has 8 nitrogen and oxygen atoms in total. The molecular formula is C17H28NO7P. The van der Waals surface area contributed by atoms with Gasteiger partial charge in [-0.25, -0.2) is 4.79 Å². The third-order valence-electron chi connectivity index (χ3n) is 3.71. The molecule has 0 aliphatic carbocycles. The molecule has 9 heteroatoms. The van der Waals surface area contributed by atoms with Gasteiger partial charge in [-0.3, -0.25) is 4.57 Å². The highest BCUT2D eigenvalue weighted by molar-refractivity contribution is 7.58. The number of aliphatic hydroxyl groups excluding tert-OH is 1. The zero-order chi connectivity index (χ0) is 19.7. The third-order valence-corrected chi connectivity index (χ3v) is 5.62. The van der Waals surface area contributed by atoms with Crippen LogP contribution in [0.4, 0.5) is 0 Å². The Labute approximate surface area is 153 Å². The zero-order valence-electron chi connectivity index (χ0n) is 15.3. The molecule has 1 unspecified atom stereocenters. The standard InChI is InChI=1S/C17H28NO7P/c1-4-24-17(25-5-2)26(22,23)11-15(19)10-18-12(3)13-7-6-8-14(9-13)16(20)21/h6-9,12,15,17-19H,4-5,10-11H2,1-3H3,(H,20,21)(H,22,23)/t12-,15+/m0/s1. The lowest BCUT2D eigenvalue weighted by Crippen LogP contribution is -2.33. The van der Waals surface area contributed by atoms with Gasteiger partial charge in [0.25, 0.3) is 7.37 Å². The number of aromatic carboxylic acids is 1. The number of nitrogens with one attached hydrogen (secondary N) is 1. The second kappa shape index (κ2) is 10.8. The molecule has 148 valence electrons. The Bertz CT molecular complexity index is 619. The summed E-state index contributed by atoms with van der Waals surface area (Å²) in [7, 11) is -3.86. The maximum Gasteiger partial charge on any atom is 0.335 e. The summed E-state index contributed by atoms with van der Waals surface area (Å²) in [6, 6.07) is 4.96. The smallest absolute Gasteiger partial charge is 0.335 e. The Morgan fingerprint density at radius 1 is 1.27 bits per heavy atom.